The quantitative estimate of drug-likeness (QED) is 0.819. The van der Waals surface area contributed by atoms with Gasteiger partial charge in [0.2, 0.25) is 0 Å². The summed E-state index contributed by atoms with van der Waals surface area (Å²) in [6.45, 7) is 9.85. The van der Waals surface area contributed by atoms with Gasteiger partial charge in [0.25, 0.3) is 0 Å². The lowest BCUT2D eigenvalue weighted by Gasteiger charge is -1.94. The van der Waals surface area contributed by atoms with Crippen LogP contribution in [0.5, 0.6) is 0 Å². The number of benzene rings is 1. The highest BCUT2D eigenvalue weighted by Crippen LogP contribution is 1.96. The molecule has 1 aromatic rings. The molecule has 0 unspecified atom stereocenters. The molecular weight excluding hydrogens is 200 g/mol. The molecule has 0 spiro atoms. The van der Waals surface area contributed by atoms with Gasteiger partial charge in [0.1, 0.15) is 0 Å². The molecule has 2 nitrogen and oxygen atoms in total. The first-order valence-corrected chi connectivity index (χ1v) is 5.75. The molecule has 2 heteroatoms. The predicted octanol–water partition coefficient (Wildman–Crippen LogP) is 4.14. The summed E-state index contributed by atoms with van der Waals surface area (Å²) in [5.74, 6) is -0.438. The van der Waals surface area contributed by atoms with Crippen molar-refractivity contribution in [1.82, 2.24) is 0 Å². The lowest BCUT2D eigenvalue weighted by molar-refractivity contribution is -0.137. The minimum Gasteiger partial charge on any atom is -0.481 e. The predicted molar refractivity (Wildman–Crippen MR) is 69.6 cm³/mol. The van der Waals surface area contributed by atoms with Crippen LogP contribution >= 0.6 is 0 Å². The zero-order valence-electron chi connectivity index (χ0n) is 11.0. The number of carboxylic acid groups (broad SMARTS) is 1. The molecule has 0 aliphatic carbocycles. The van der Waals surface area contributed by atoms with E-state index in [1.54, 1.807) is 0 Å². The van der Waals surface area contributed by atoms with Gasteiger partial charge in [0, 0.05) is 6.42 Å². The molecule has 0 radical (unpaired) electrons. The highest BCUT2D eigenvalue weighted by molar-refractivity contribution is 5.66. The number of carboxylic acids is 1. The molecule has 0 aliphatic rings. The van der Waals surface area contributed by atoms with E-state index in [1.807, 2.05) is 45.9 Å². The Kier molecular flexibility index (Phi) is 12.6. The van der Waals surface area contributed by atoms with Gasteiger partial charge in [0.15, 0.2) is 0 Å². The van der Waals surface area contributed by atoms with E-state index in [-0.39, 0.29) is 12.3 Å². The van der Waals surface area contributed by atoms with E-state index in [0.29, 0.717) is 0 Å². The van der Waals surface area contributed by atoms with Gasteiger partial charge in [-0.15, -0.1) is 0 Å². The van der Waals surface area contributed by atoms with Crippen LogP contribution in [0.2, 0.25) is 0 Å². The molecule has 0 aromatic heterocycles. The van der Waals surface area contributed by atoms with Crippen LogP contribution in [-0.2, 0) is 4.79 Å². The second-order valence-electron chi connectivity index (χ2n) is 3.65. The van der Waals surface area contributed by atoms with Crippen molar-refractivity contribution in [3.8, 4) is 0 Å². The second kappa shape index (κ2) is 11.8. The van der Waals surface area contributed by atoms with Gasteiger partial charge in [0.05, 0.1) is 0 Å². The summed E-state index contributed by atoms with van der Waals surface area (Å²) in [6, 6.07) is 10.3. The summed E-state index contributed by atoms with van der Waals surface area (Å²) in [5, 5.41) is 8.08. The molecule has 0 atom stereocenters. The maximum absolute atomic E-state index is 9.81. The molecule has 0 heterocycles. The molecule has 1 N–H and O–H groups in total. The van der Waals surface area contributed by atoms with Gasteiger partial charge >= 0.3 is 5.97 Å². The van der Waals surface area contributed by atoms with E-state index < -0.39 is 5.97 Å². The molecule has 0 fully saturated rings. The Hall–Kier alpha value is -1.31. The lowest BCUT2D eigenvalue weighted by atomic mass is 10.1. The van der Waals surface area contributed by atoms with E-state index in [0.717, 1.165) is 0 Å². The van der Waals surface area contributed by atoms with Gasteiger partial charge in [-0.05, 0) is 12.8 Å². The molecule has 0 amide bonds. The van der Waals surface area contributed by atoms with Crippen LogP contribution < -0.4 is 0 Å². The summed E-state index contributed by atoms with van der Waals surface area (Å²) >= 11 is 0. The highest BCUT2D eigenvalue weighted by Gasteiger charge is 1.98. The lowest BCUT2D eigenvalue weighted by Crippen LogP contribution is -1.99. The van der Waals surface area contributed by atoms with Crippen LogP contribution in [0, 0.1) is 12.8 Å². The Morgan fingerprint density at radius 2 is 1.62 bits per heavy atom. The molecule has 0 saturated carbocycles. The largest absolute Gasteiger partial charge is 0.481 e. The van der Waals surface area contributed by atoms with Crippen LogP contribution in [0.1, 0.15) is 39.7 Å². The first-order valence-electron chi connectivity index (χ1n) is 5.75. The Morgan fingerprint density at radius 1 is 1.19 bits per heavy atom. The maximum Gasteiger partial charge on any atom is 0.303 e. The van der Waals surface area contributed by atoms with Gasteiger partial charge in [-0.25, -0.2) is 0 Å². The van der Waals surface area contributed by atoms with Crippen LogP contribution in [0.25, 0.3) is 0 Å². The summed E-state index contributed by atoms with van der Waals surface area (Å²) in [5.41, 5.74) is 1.32. The third-order valence-electron chi connectivity index (χ3n) is 1.52. The fourth-order valence-electron chi connectivity index (χ4n) is 0.884. The fraction of sp³-hybridized carbons (Fsp3) is 0.500. The monoisotopic (exact) mass is 224 g/mol. The molecule has 1 aromatic carbocycles. The topological polar surface area (TPSA) is 37.3 Å². The molecule has 0 bridgehead atoms. The zero-order valence-corrected chi connectivity index (χ0v) is 11.0. The molecule has 16 heavy (non-hydrogen) atoms. The van der Waals surface area contributed by atoms with Crippen LogP contribution in [-0.4, -0.2) is 11.1 Å². The SMILES string of the molecule is CC.CC(C)CC(=O)O.Cc1ccccc1. The molecule has 0 aliphatic heterocycles. The third-order valence-corrected chi connectivity index (χ3v) is 1.52. The van der Waals surface area contributed by atoms with Crippen molar-refractivity contribution in [2.24, 2.45) is 5.92 Å². The summed E-state index contributed by atoms with van der Waals surface area (Å²) in [7, 11) is 0. The number of hydrogen-bond donors (Lipinski definition) is 1. The maximum atomic E-state index is 9.81. The number of aryl methyl sites for hydroxylation is 1. The minimum atomic E-state index is -0.713. The molecule has 92 valence electrons. The number of aliphatic carboxylic acids is 1. The molecule has 1 rings (SSSR count). The smallest absolute Gasteiger partial charge is 0.303 e. The van der Waals surface area contributed by atoms with Crippen molar-refractivity contribution >= 4 is 5.97 Å². The van der Waals surface area contributed by atoms with Gasteiger partial charge in [-0.2, -0.15) is 0 Å². The zero-order chi connectivity index (χ0) is 13.0. The second-order valence-corrected chi connectivity index (χ2v) is 3.65. The Morgan fingerprint density at radius 3 is 1.75 bits per heavy atom. The Bertz CT molecular complexity index is 253. The summed E-state index contributed by atoms with van der Waals surface area (Å²) in [4.78, 5) is 9.81. The van der Waals surface area contributed by atoms with E-state index in [4.69, 9.17) is 5.11 Å². The number of rotatable bonds is 2. The van der Waals surface area contributed by atoms with Crippen LogP contribution in [0.15, 0.2) is 30.3 Å². The van der Waals surface area contributed by atoms with Crippen molar-refractivity contribution in [1.29, 1.82) is 0 Å². The first kappa shape index (κ1) is 17.1. The number of hydrogen-bond acceptors (Lipinski definition) is 1. The molecular formula is C14H24O2. The van der Waals surface area contributed by atoms with Crippen molar-refractivity contribution in [2.75, 3.05) is 0 Å². The summed E-state index contributed by atoms with van der Waals surface area (Å²) < 4.78 is 0. The Labute approximate surface area is 99.3 Å². The van der Waals surface area contributed by atoms with E-state index in [9.17, 15) is 4.79 Å². The Balaban J connectivity index is 0. The van der Waals surface area contributed by atoms with Crippen molar-refractivity contribution in [2.45, 2.75) is 41.0 Å². The normalized spacial score (nSPS) is 8.38. The van der Waals surface area contributed by atoms with Crippen LogP contribution in [0.3, 0.4) is 0 Å². The highest BCUT2D eigenvalue weighted by atomic mass is 16.4. The van der Waals surface area contributed by atoms with Crippen molar-refractivity contribution < 1.29 is 9.90 Å². The fourth-order valence-corrected chi connectivity index (χ4v) is 0.884. The van der Waals surface area contributed by atoms with E-state index >= 15 is 0 Å². The molecule has 0 saturated heterocycles. The van der Waals surface area contributed by atoms with Gasteiger partial charge < -0.3 is 5.11 Å². The minimum absolute atomic E-state index is 0.275. The van der Waals surface area contributed by atoms with Crippen molar-refractivity contribution in [3.05, 3.63) is 35.9 Å². The third kappa shape index (κ3) is 15.2. The van der Waals surface area contributed by atoms with E-state index in [1.165, 1.54) is 5.56 Å². The first-order chi connectivity index (χ1) is 7.52. The average molecular weight is 224 g/mol. The van der Waals surface area contributed by atoms with Gasteiger partial charge in [-0.3, -0.25) is 4.79 Å². The summed E-state index contributed by atoms with van der Waals surface area (Å²) in [6.07, 6.45) is 0.278. The van der Waals surface area contributed by atoms with Crippen LogP contribution in [0.4, 0.5) is 0 Å². The average Bonchev–Trinajstić information content (AvgIpc) is 2.20. The van der Waals surface area contributed by atoms with E-state index in [2.05, 4.69) is 19.1 Å². The standard InChI is InChI=1S/C7H8.C5H10O2.C2H6/c1-7-5-3-2-4-6-7;1-4(2)3-5(6)7;1-2/h2-6H,1H3;4H,3H2,1-2H3,(H,6,7);1-2H3. The van der Waals surface area contributed by atoms with Gasteiger partial charge in [-0.1, -0.05) is 63.6 Å². The number of carbonyl (C=O) groups is 1. The van der Waals surface area contributed by atoms with Crippen molar-refractivity contribution in [3.63, 3.8) is 0 Å².